The number of benzene rings is 1. The third-order valence-corrected chi connectivity index (χ3v) is 7.42. The molecular weight excluding hydrogens is 409 g/mol. The normalized spacial score (nSPS) is 24.4. The quantitative estimate of drug-likeness (QED) is 0.738. The van der Waals surface area contributed by atoms with E-state index in [0.717, 1.165) is 25.2 Å². The first kappa shape index (κ1) is 21.3. The number of likely N-dealkylation sites (tertiary alicyclic amines) is 1. The second kappa shape index (κ2) is 8.95. The highest BCUT2D eigenvalue weighted by atomic mass is 35.5. The lowest BCUT2D eigenvalue weighted by atomic mass is 10.1. The first-order valence-electron chi connectivity index (χ1n) is 9.29. The van der Waals surface area contributed by atoms with Crippen LogP contribution in [-0.2, 0) is 16.4 Å². The Morgan fingerprint density at radius 1 is 1.15 bits per heavy atom. The summed E-state index contributed by atoms with van der Waals surface area (Å²) in [5.74, 6) is 0. The Kier molecular flexibility index (Phi) is 7.06. The zero-order valence-corrected chi connectivity index (χ0v) is 17.8. The van der Waals surface area contributed by atoms with E-state index in [4.69, 9.17) is 23.2 Å². The molecule has 0 radical (unpaired) electrons. The monoisotopic (exact) mass is 435 g/mol. The fourth-order valence-corrected chi connectivity index (χ4v) is 5.13. The molecular formula is C18H27Cl2N3O3S. The summed E-state index contributed by atoms with van der Waals surface area (Å²) < 4.78 is 25.5. The second-order valence-corrected chi connectivity index (χ2v) is 10.3. The summed E-state index contributed by atoms with van der Waals surface area (Å²) in [5.41, 5.74) is 0.905. The summed E-state index contributed by atoms with van der Waals surface area (Å²) in [7, 11) is -3.24. The Balaban J connectivity index is 1.72. The largest absolute Gasteiger partial charge is 0.378 e. The van der Waals surface area contributed by atoms with Gasteiger partial charge in [-0.1, -0.05) is 29.3 Å². The summed E-state index contributed by atoms with van der Waals surface area (Å²) in [6.07, 6.45) is 3.33. The lowest BCUT2D eigenvalue weighted by Crippen LogP contribution is -2.60. The van der Waals surface area contributed by atoms with Crippen LogP contribution in [-0.4, -0.2) is 85.4 Å². The summed E-state index contributed by atoms with van der Waals surface area (Å²) in [4.78, 5) is 4.39. The average molecular weight is 436 g/mol. The van der Waals surface area contributed by atoms with E-state index >= 15 is 0 Å². The Morgan fingerprint density at radius 2 is 1.85 bits per heavy atom. The van der Waals surface area contributed by atoms with Gasteiger partial charge in [0.15, 0.2) is 0 Å². The molecule has 2 saturated heterocycles. The third kappa shape index (κ3) is 5.56. The van der Waals surface area contributed by atoms with E-state index in [1.54, 1.807) is 12.1 Å². The molecule has 0 spiro atoms. The Hall–Kier alpha value is -0.410. The number of nitrogens with zero attached hydrogens (tertiary/aromatic N) is 3. The summed E-state index contributed by atoms with van der Waals surface area (Å²) in [6.45, 7) is 4.15. The van der Waals surface area contributed by atoms with Crippen molar-refractivity contribution in [1.29, 1.82) is 0 Å². The van der Waals surface area contributed by atoms with Crippen LogP contribution in [0.1, 0.15) is 18.4 Å². The van der Waals surface area contributed by atoms with Gasteiger partial charge in [0, 0.05) is 38.6 Å². The number of aliphatic hydroxyl groups excluding tert-OH is 1. The van der Waals surface area contributed by atoms with Gasteiger partial charge in [-0.15, -0.1) is 0 Å². The van der Waals surface area contributed by atoms with E-state index in [0.29, 0.717) is 36.1 Å². The third-order valence-electron chi connectivity index (χ3n) is 5.41. The number of hydrogen-bond acceptors (Lipinski definition) is 5. The van der Waals surface area contributed by atoms with Crippen LogP contribution in [0.2, 0.25) is 10.0 Å². The smallest absolute Gasteiger partial charge is 0.211 e. The Morgan fingerprint density at radius 3 is 2.48 bits per heavy atom. The van der Waals surface area contributed by atoms with Gasteiger partial charge in [0.1, 0.15) is 6.23 Å². The minimum Gasteiger partial charge on any atom is -0.378 e. The van der Waals surface area contributed by atoms with Gasteiger partial charge in [-0.2, -0.15) is 4.31 Å². The van der Waals surface area contributed by atoms with Crippen molar-refractivity contribution >= 4 is 33.2 Å². The molecule has 2 aliphatic heterocycles. The molecule has 152 valence electrons. The number of aliphatic hydroxyl groups is 1. The van der Waals surface area contributed by atoms with Gasteiger partial charge in [0.2, 0.25) is 10.0 Å². The molecule has 0 aliphatic carbocycles. The van der Waals surface area contributed by atoms with Crippen molar-refractivity contribution in [3.8, 4) is 0 Å². The molecule has 27 heavy (non-hydrogen) atoms. The van der Waals surface area contributed by atoms with Crippen LogP contribution in [0.4, 0.5) is 0 Å². The molecule has 9 heteroatoms. The number of halogens is 2. The molecule has 1 unspecified atom stereocenters. The number of rotatable bonds is 6. The van der Waals surface area contributed by atoms with Crippen molar-refractivity contribution in [2.45, 2.75) is 31.5 Å². The van der Waals surface area contributed by atoms with E-state index in [1.807, 2.05) is 11.0 Å². The standard InChI is InChI=1S/C18H27Cl2N3O3S/c1-27(25,26)22-8-9-23(15(13-22)12-21-6-2-3-7-21)18(24)11-14-4-5-16(19)17(20)10-14/h4-5,10,15,18,24H,2-3,6-9,11-13H2,1H3/t15-,18?/m1/s1. The molecule has 0 aromatic heterocycles. The van der Waals surface area contributed by atoms with E-state index in [1.165, 1.54) is 23.4 Å². The van der Waals surface area contributed by atoms with Crippen LogP contribution in [0.5, 0.6) is 0 Å². The molecule has 0 bridgehead atoms. The Labute approximate surface area is 171 Å². The maximum atomic E-state index is 12.0. The van der Waals surface area contributed by atoms with Crippen molar-refractivity contribution in [3.63, 3.8) is 0 Å². The van der Waals surface area contributed by atoms with Crippen molar-refractivity contribution < 1.29 is 13.5 Å². The fraction of sp³-hybridized carbons (Fsp3) is 0.667. The van der Waals surface area contributed by atoms with Crippen molar-refractivity contribution in [1.82, 2.24) is 14.1 Å². The highest BCUT2D eigenvalue weighted by Crippen LogP contribution is 2.25. The van der Waals surface area contributed by atoms with Crippen LogP contribution < -0.4 is 0 Å². The van der Waals surface area contributed by atoms with E-state index < -0.39 is 16.3 Å². The highest BCUT2D eigenvalue weighted by Gasteiger charge is 2.35. The maximum Gasteiger partial charge on any atom is 0.211 e. The van der Waals surface area contributed by atoms with Gasteiger partial charge in [0.25, 0.3) is 0 Å². The van der Waals surface area contributed by atoms with Gasteiger partial charge in [0.05, 0.1) is 16.3 Å². The fourth-order valence-electron chi connectivity index (χ4n) is 3.95. The highest BCUT2D eigenvalue weighted by molar-refractivity contribution is 7.88. The second-order valence-electron chi connectivity index (χ2n) is 7.45. The molecule has 2 fully saturated rings. The van der Waals surface area contributed by atoms with Gasteiger partial charge in [-0.05, 0) is 43.6 Å². The summed E-state index contributed by atoms with van der Waals surface area (Å²) in [5, 5.41) is 11.8. The van der Waals surface area contributed by atoms with Gasteiger partial charge < -0.3 is 10.0 Å². The van der Waals surface area contributed by atoms with Gasteiger partial charge in [-0.25, -0.2) is 8.42 Å². The molecule has 2 atom stereocenters. The topological polar surface area (TPSA) is 64.1 Å². The van der Waals surface area contributed by atoms with Crippen molar-refractivity contribution in [2.75, 3.05) is 45.5 Å². The molecule has 2 heterocycles. The summed E-state index contributed by atoms with van der Waals surface area (Å²) in [6, 6.07) is 5.33. The molecule has 6 nitrogen and oxygen atoms in total. The molecule has 1 N–H and O–H groups in total. The first-order chi connectivity index (χ1) is 12.7. The molecule has 0 amide bonds. The van der Waals surface area contributed by atoms with E-state index in [2.05, 4.69) is 4.90 Å². The molecule has 2 aliphatic rings. The Bertz CT molecular complexity index is 756. The predicted molar refractivity (Wildman–Crippen MR) is 109 cm³/mol. The predicted octanol–water partition coefficient (Wildman–Crippen LogP) is 1.90. The van der Waals surface area contributed by atoms with Crippen LogP contribution in [0.25, 0.3) is 0 Å². The van der Waals surface area contributed by atoms with Crippen molar-refractivity contribution in [3.05, 3.63) is 33.8 Å². The lowest BCUT2D eigenvalue weighted by Gasteiger charge is -2.44. The van der Waals surface area contributed by atoms with E-state index in [-0.39, 0.29) is 6.04 Å². The molecule has 1 aromatic carbocycles. The molecule has 1 aromatic rings. The lowest BCUT2D eigenvalue weighted by molar-refractivity contribution is -0.0530. The zero-order chi connectivity index (χ0) is 19.6. The summed E-state index contributed by atoms with van der Waals surface area (Å²) >= 11 is 12.1. The van der Waals surface area contributed by atoms with Gasteiger partial charge >= 0.3 is 0 Å². The molecule has 0 saturated carbocycles. The number of hydrogen-bond donors (Lipinski definition) is 1. The van der Waals surface area contributed by atoms with Crippen LogP contribution >= 0.6 is 23.2 Å². The first-order valence-corrected chi connectivity index (χ1v) is 11.9. The minimum absolute atomic E-state index is 0.0376. The minimum atomic E-state index is -3.24. The SMILES string of the molecule is CS(=O)(=O)N1CCN(C(O)Cc2ccc(Cl)c(Cl)c2)[C@H](CN2CCCC2)C1. The number of piperazine rings is 1. The van der Waals surface area contributed by atoms with Crippen LogP contribution in [0.3, 0.4) is 0 Å². The van der Waals surface area contributed by atoms with Crippen molar-refractivity contribution in [2.24, 2.45) is 0 Å². The van der Waals surface area contributed by atoms with E-state index in [9.17, 15) is 13.5 Å². The maximum absolute atomic E-state index is 12.0. The van der Waals surface area contributed by atoms with Gasteiger partial charge in [-0.3, -0.25) is 4.90 Å². The van der Waals surface area contributed by atoms with Crippen LogP contribution in [0.15, 0.2) is 18.2 Å². The zero-order valence-electron chi connectivity index (χ0n) is 15.5. The van der Waals surface area contributed by atoms with Crippen LogP contribution in [0, 0.1) is 0 Å². The number of sulfonamides is 1. The average Bonchev–Trinajstić information content (AvgIpc) is 3.10. The molecule has 3 rings (SSSR count).